The molecule has 0 saturated carbocycles. The highest BCUT2D eigenvalue weighted by Crippen LogP contribution is 2.25. The van der Waals surface area contributed by atoms with E-state index in [9.17, 15) is 9.59 Å². The summed E-state index contributed by atoms with van der Waals surface area (Å²) in [6, 6.07) is 11.8. The van der Waals surface area contributed by atoms with Crippen LogP contribution >= 0.6 is 0 Å². The van der Waals surface area contributed by atoms with Gasteiger partial charge in [-0.2, -0.15) is 5.26 Å². The van der Waals surface area contributed by atoms with Gasteiger partial charge in [-0.05, 0) is 36.4 Å². The third-order valence-corrected chi connectivity index (χ3v) is 3.18. The number of nitrogens with one attached hydrogen (secondary N) is 2. The van der Waals surface area contributed by atoms with Gasteiger partial charge in [-0.25, -0.2) is 0 Å². The van der Waals surface area contributed by atoms with Crippen LogP contribution in [-0.4, -0.2) is 11.8 Å². The van der Waals surface area contributed by atoms with Crippen LogP contribution in [0.1, 0.15) is 26.3 Å². The standard InChI is InChI=1S/C15H10N4O2/c16-7-8-5-9(17)1-4-13(8)18-10-2-3-11-12(6-10)15(21)19-14(11)20/h1-6,18H,17H2,(H,19,20,21). The van der Waals surface area contributed by atoms with Gasteiger partial charge < -0.3 is 11.1 Å². The molecule has 0 fully saturated rings. The van der Waals surface area contributed by atoms with Crippen LogP contribution in [0.25, 0.3) is 0 Å². The number of fused-ring (bicyclic) bond motifs is 1. The molecule has 1 aliphatic heterocycles. The number of amides is 2. The van der Waals surface area contributed by atoms with E-state index < -0.39 is 11.8 Å². The molecule has 0 saturated heterocycles. The van der Waals surface area contributed by atoms with Gasteiger partial charge in [0, 0.05) is 11.4 Å². The minimum absolute atomic E-state index is 0.318. The van der Waals surface area contributed by atoms with Gasteiger partial charge >= 0.3 is 0 Å². The second kappa shape index (κ2) is 4.65. The Morgan fingerprint density at radius 2 is 1.81 bits per heavy atom. The van der Waals surface area contributed by atoms with E-state index >= 15 is 0 Å². The summed E-state index contributed by atoms with van der Waals surface area (Å²) in [6.45, 7) is 0. The lowest BCUT2D eigenvalue weighted by atomic mass is 10.1. The second-order valence-electron chi connectivity index (χ2n) is 4.59. The predicted molar refractivity (Wildman–Crippen MR) is 77.1 cm³/mol. The van der Waals surface area contributed by atoms with E-state index in [0.717, 1.165) is 0 Å². The van der Waals surface area contributed by atoms with E-state index in [1.54, 1.807) is 36.4 Å². The Morgan fingerprint density at radius 1 is 1.05 bits per heavy atom. The van der Waals surface area contributed by atoms with Crippen LogP contribution in [0.4, 0.5) is 17.1 Å². The summed E-state index contributed by atoms with van der Waals surface area (Å²) in [4.78, 5) is 23.1. The number of carbonyl (C=O) groups excluding carboxylic acids is 2. The number of nitrogens with zero attached hydrogens (tertiary/aromatic N) is 1. The second-order valence-corrected chi connectivity index (χ2v) is 4.59. The molecule has 1 heterocycles. The Hall–Kier alpha value is -3.33. The molecule has 4 N–H and O–H groups in total. The summed E-state index contributed by atoms with van der Waals surface area (Å²) in [5.41, 5.74) is 8.39. The molecule has 102 valence electrons. The first-order valence-electron chi connectivity index (χ1n) is 6.15. The number of rotatable bonds is 2. The molecule has 0 atom stereocenters. The number of nitriles is 1. The van der Waals surface area contributed by atoms with Crippen LogP contribution in [0.2, 0.25) is 0 Å². The maximum atomic E-state index is 11.6. The molecule has 2 aromatic rings. The number of anilines is 3. The van der Waals surface area contributed by atoms with Gasteiger partial charge in [-0.3, -0.25) is 14.9 Å². The number of benzene rings is 2. The smallest absolute Gasteiger partial charge is 0.259 e. The SMILES string of the molecule is N#Cc1cc(N)ccc1Nc1ccc2c(c1)C(=O)NC2=O. The monoisotopic (exact) mass is 278 g/mol. The van der Waals surface area contributed by atoms with Gasteiger partial charge in [0.2, 0.25) is 0 Å². The average Bonchev–Trinajstić information content (AvgIpc) is 2.75. The van der Waals surface area contributed by atoms with Gasteiger partial charge in [0.05, 0.1) is 22.4 Å². The summed E-state index contributed by atoms with van der Waals surface area (Å²) >= 11 is 0. The molecule has 0 aromatic heterocycles. The van der Waals surface area contributed by atoms with Gasteiger partial charge in [0.1, 0.15) is 6.07 Å². The highest BCUT2D eigenvalue weighted by atomic mass is 16.2. The maximum Gasteiger partial charge on any atom is 0.259 e. The largest absolute Gasteiger partial charge is 0.399 e. The molecule has 2 aromatic carbocycles. The molecule has 21 heavy (non-hydrogen) atoms. The molecule has 1 aliphatic rings. The molecule has 0 bridgehead atoms. The van der Waals surface area contributed by atoms with Gasteiger partial charge in [-0.1, -0.05) is 0 Å². The van der Waals surface area contributed by atoms with Crippen molar-refractivity contribution in [3.8, 4) is 6.07 Å². The van der Waals surface area contributed by atoms with Crippen LogP contribution in [0.3, 0.4) is 0 Å². The molecule has 0 spiro atoms. The molecule has 0 aliphatic carbocycles. The van der Waals surface area contributed by atoms with Crippen molar-refractivity contribution < 1.29 is 9.59 Å². The van der Waals surface area contributed by atoms with E-state index in [4.69, 9.17) is 11.0 Å². The minimum atomic E-state index is -0.420. The lowest BCUT2D eigenvalue weighted by Crippen LogP contribution is -2.19. The predicted octanol–water partition coefficient (Wildman–Crippen LogP) is 1.77. The highest BCUT2D eigenvalue weighted by molar-refractivity contribution is 6.21. The summed E-state index contributed by atoms with van der Waals surface area (Å²) < 4.78 is 0. The molecule has 6 heteroatoms. The van der Waals surface area contributed by atoms with Crippen LogP contribution in [0.15, 0.2) is 36.4 Å². The summed E-state index contributed by atoms with van der Waals surface area (Å²) in [7, 11) is 0. The third-order valence-electron chi connectivity index (χ3n) is 3.18. The van der Waals surface area contributed by atoms with Crippen LogP contribution < -0.4 is 16.4 Å². The Balaban J connectivity index is 1.97. The van der Waals surface area contributed by atoms with Crippen molar-refractivity contribution in [1.29, 1.82) is 5.26 Å². The molecule has 3 rings (SSSR count). The maximum absolute atomic E-state index is 11.6. The third kappa shape index (κ3) is 2.17. The molecule has 0 radical (unpaired) electrons. The van der Waals surface area contributed by atoms with E-state index in [1.165, 1.54) is 0 Å². The van der Waals surface area contributed by atoms with Crippen LogP contribution in [0, 0.1) is 11.3 Å². The van der Waals surface area contributed by atoms with Crippen molar-refractivity contribution in [3.05, 3.63) is 53.1 Å². The summed E-state index contributed by atoms with van der Waals surface area (Å²) in [5, 5.41) is 14.4. The summed E-state index contributed by atoms with van der Waals surface area (Å²) in [6.07, 6.45) is 0. The van der Waals surface area contributed by atoms with Crippen molar-refractivity contribution in [2.45, 2.75) is 0 Å². The summed E-state index contributed by atoms with van der Waals surface area (Å²) in [5.74, 6) is -0.816. The molecular formula is C15H10N4O2. The van der Waals surface area contributed by atoms with E-state index in [2.05, 4.69) is 10.6 Å². The fourth-order valence-corrected chi connectivity index (χ4v) is 2.16. The Morgan fingerprint density at radius 3 is 2.57 bits per heavy atom. The van der Waals surface area contributed by atoms with Crippen molar-refractivity contribution in [3.63, 3.8) is 0 Å². The highest BCUT2D eigenvalue weighted by Gasteiger charge is 2.26. The first-order chi connectivity index (χ1) is 10.1. The zero-order valence-corrected chi connectivity index (χ0v) is 10.8. The Kier molecular flexibility index (Phi) is 2.81. The molecule has 6 nitrogen and oxygen atoms in total. The first-order valence-corrected chi connectivity index (χ1v) is 6.15. The Bertz CT molecular complexity index is 821. The van der Waals surface area contributed by atoms with E-state index in [-0.39, 0.29) is 0 Å². The molecule has 0 unspecified atom stereocenters. The number of imide groups is 1. The van der Waals surface area contributed by atoms with Crippen molar-refractivity contribution in [2.75, 3.05) is 11.1 Å². The number of carbonyl (C=O) groups is 2. The Labute approximate surface area is 120 Å². The first kappa shape index (κ1) is 12.7. The van der Waals surface area contributed by atoms with Crippen molar-refractivity contribution in [1.82, 2.24) is 5.32 Å². The zero-order chi connectivity index (χ0) is 15.0. The number of nitrogens with two attached hydrogens (primary N) is 1. The minimum Gasteiger partial charge on any atom is -0.399 e. The lowest BCUT2D eigenvalue weighted by molar-refractivity contribution is 0.0879. The fraction of sp³-hybridized carbons (Fsp3) is 0. The van der Waals surface area contributed by atoms with Gasteiger partial charge in [-0.15, -0.1) is 0 Å². The topological polar surface area (TPSA) is 108 Å². The van der Waals surface area contributed by atoms with Crippen molar-refractivity contribution >= 4 is 28.9 Å². The lowest BCUT2D eigenvalue weighted by Gasteiger charge is -2.09. The number of hydrogen-bond acceptors (Lipinski definition) is 5. The van der Waals surface area contributed by atoms with Gasteiger partial charge in [0.15, 0.2) is 0 Å². The van der Waals surface area contributed by atoms with Gasteiger partial charge in [0.25, 0.3) is 11.8 Å². The normalized spacial score (nSPS) is 12.5. The quantitative estimate of drug-likeness (QED) is 0.573. The van der Waals surface area contributed by atoms with E-state index in [1.807, 2.05) is 6.07 Å². The van der Waals surface area contributed by atoms with Crippen molar-refractivity contribution in [2.24, 2.45) is 0 Å². The fourth-order valence-electron chi connectivity index (χ4n) is 2.16. The number of hydrogen-bond donors (Lipinski definition) is 3. The molecule has 2 amide bonds. The van der Waals surface area contributed by atoms with Crippen LogP contribution in [-0.2, 0) is 0 Å². The molecular weight excluding hydrogens is 268 g/mol. The zero-order valence-electron chi connectivity index (χ0n) is 10.8. The number of nitrogen functional groups attached to an aromatic ring is 1. The van der Waals surface area contributed by atoms with Crippen LogP contribution in [0.5, 0.6) is 0 Å². The average molecular weight is 278 g/mol. The van der Waals surface area contributed by atoms with E-state index in [0.29, 0.717) is 33.8 Å².